The first-order chi connectivity index (χ1) is 6.15. The van der Waals surface area contributed by atoms with Crippen LogP contribution in [0.5, 0.6) is 0 Å². The fourth-order valence-electron chi connectivity index (χ4n) is 1.50. The summed E-state index contributed by atoms with van der Waals surface area (Å²) >= 11 is 3.27. The van der Waals surface area contributed by atoms with Crippen LogP contribution < -0.4 is 5.73 Å². The maximum absolute atomic E-state index is 11.2. The lowest BCUT2D eigenvalue weighted by molar-refractivity contribution is -0.120. The van der Waals surface area contributed by atoms with Crippen LogP contribution in [0, 0.1) is 0 Å². The van der Waals surface area contributed by atoms with Crippen molar-refractivity contribution in [1.29, 1.82) is 0 Å². The lowest BCUT2D eigenvalue weighted by Gasteiger charge is -2.10. The maximum atomic E-state index is 11.2. The molecule has 68 valence electrons. The van der Waals surface area contributed by atoms with Crippen LogP contribution >= 0.6 is 15.9 Å². The first-order valence-corrected chi connectivity index (χ1v) is 4.86. The van der Waals surface area contributed by atoms with E-state index < -0.39 is 5.41 Å². The predicted molar refractivity (Wildman–Crippen MR) is 52.0 cm³/mol. The number of aromatic nitrogens is 1. The standard InChI is InChI=1S/C9H9BrN2O/c10-7-5-6(1-4-12-7)9(2-3-9)8(11)13/h1,4-5H,2-3H2,(H2,11,13). The first kappa shape index (κ1) is 8.69. The van der Waals surface area contributed by atoms with Gasteiger partial charge in [-0.1, -0.05) is 0 Å². The minimum Gasteiger partial charge on any atom is -0.369 e. The topological polar surface area (TPSA) is 56.0 Å². The Morgan fingerprint density at radius 1 is 1.62 bits per heavy atom. The minimum atomic E-state index is -0.397. The lowest BCUT2D eigenvalue weighted by atomic mass is 9.97. The van der Waals surface area contributed by atoms with E-state index in [1.807, 2.05) is 12.1 Å². The van der Waals surface area contributed by atoms with Crippen molar-refractivity contribution in [2.45, 2.75) is 18.3 Å². The van der Waals surface area contributed by atoms with Gasteiger partial charge in [-0.2, -0.15) is 0 Å². The zero-order valence-corrected chi connectivity index (χ0v) is 8.54. The normalized spacial score (nSPS) is 18.2. The average molecular weight is 241 g/mol. The number of pyridine rings is 1. The van der Waals surface area contributed by atoms with Gasteiger partial charge in [-0.25, -0.2) is 4.98 Å². The summed E-state index contributed by atoms with van der Waals surface area (Å²) in [5.41, 5.74) is 5.92. The molecule has 0 aromatic carbocycles. The average Bonchev–Trinajstić information content (AvgIpc) is 2.83. The van der Waals surface area contributed by atoms with Crippen molar-refractivity contribution in [2.75, 3.05) is 0 Å². The number of carbonyl (C=O) groups is 1. The van der Waals surface area contributed by atoms with E-state index in [0.717, 1.165) is 23.0 Å². The SMILES string of the molecule is NC(=O)C1(c2ccnc(Br)c2)CC1. The van der Waals surface area contributed by atoms with Crippen LogP contribution in [-0.2, 0) is 10.2 Å². The van der Waals surface area contributed by atoms with E-state index in [1.165, 1.54) is 0 Å². The third-order valence-corrected chi connectivity index (χ3v) is 2.93. The molecule has 0 spiro atoms. The maximum Gasteiger partial charge on any atom is 0.228 e. The molecule has 0 saturated heterocycles. The Morgan fingerprint density at radius 2 is 2.31 bits per heavy atom. The Labute approximate surface area is 84.5 Å². The number of halogens is 1. The molecule has 1 saturated carbocycles. The Hall–Kier alpha value is -0.900. The van der Waals surface area contributed by atoms with Crippen LogP contribution in [0.4, 0.5) is 0 Å². The molecule has 13 heavy (non-hydrogen) atoms. The Balaban J connectivity index is 2.41. The fraction of sp³-hybridized carbons (Fsp3) is 0.333. The Bertz CT molecular complexity index is 360. The smallest absolute Gasteiger partial charge is 0.228 e. The fourth-order valence-corrected chi connectivity index (χ4v) is 1.87. The van der Waals surface area contributed by atoms with E-state index in [0.29, 0.717) is 0 Å². The third kappa shape index (κ3) is 1.35. The van der Waals surface area contributed by atoms with E-state index in [2.05, 4.69) is 20.9 Å². The van der Waals surface area contributed by atoms with Crippen LogP contribution in [-0.4, -0.2) is 10.9 Å². The van der Waals surface area contributed by atoms with E-state index >= 15 is 0 Å². The summed E-state index contributed by atoms with van der Waals surface area (Å²) in [5.74, 6) is -0.231. The highest BCUT2D eigenvalue weighted by Crippen LogP contribution is 2.48. The second-order valence-electron chi connectivity index (χ2n) is 3.31. The molecule has 2 N–H and O–H groups in total. The number of hydrogen-bond acceptors (Lipinski definition) is 2. The van der Waals surface area contributed by atoms with Gasteiger partial charge in [0.1, 0.15) is 4.60 Å². The second-order valence-corrected chi connectivity index (χ2v) is 4.13. The van der Waals surface area contributed by atoms with Gasteiger partial charge < -0.3 is 5.73 Å². The molecule has 1 heterocycles. The van der Waals surface area contributed by atoms with E-state index in [-0.39, 0.29) is 5.91 Å². The van der Waals surface area contributed by atoms with Crippen LogP contribution in [0.3, 0.4) is 0 Å². The summed E-state index contributed by atoms with van der Waals surface area (Å²) in [7, 11) is 0. The summed E-state index contributed by atoms with van der Waals surface area (Å²) < 4.78 is 0.748. The lowest BCUT2D eigenvalue weighted by Crippen LogP contribution is -2.28. The molecular formula is C9H9BrN2O. The largest absolute Gasteiger partial charge is 0.369 e. The summed E-state index contributed by atoms with van der Waals surface area (Å²) in [4.78, 5) is 15.2. The van der Waals surface area contributed by atoms with Crippen molar-refractivity contribution >= 4 is 21.8 Å². The molecule has 1 aromatic heterocycles. The second kappa shape index (κ2) is 2.80. The van der Waals surface area contributed by atoms with E-state index in [4.69, 9.17) is 5.73 Å². The molecule has 0 aliphatic heterocycles. The number of hydrogen-bond donors (Lipinski definition) is 1. The van der Waals surface area contributed by atoms with Crippen molar-refractivity contribution in [1.82, 2.24) is 4.98 Å². The molecule has 0 radical (unpaired) electrons. The molecule has 1 fully saturated rings. The number of rotatable bonds is 2. The summed E-state index contributed by atoms with van der Waals surface area (Å²) in [6, 6.07) is 3.71. The van der Waals surface area contributed by atoms with Gasteiger partial charge in [-0.05, 0) is 46.5 Å². The van der Waals surface area contributed by atoms with Crippen LogP contribution in [0.2, 0.25) is 0 Å². The quantitative estimate of drug-likeness (QED) is 0.795. The van der Waals surface area contributed by atoms with Gasteiger partial charge in [-0.15, -0.1) is 0 Å². The van der Waals surface area contributed by atoms with Crippen molar-refractivity contribution in [2.24, 2.45) is 5.73 Å². The molecule has 1 aromatic rings. The van der Waals surface area contributed by atoms with Crippen molar-refractivity contribution < 1.29 is 4.79 Å². The predicted octanol–water partition coefficient (Wildman–Crippen LogP) is 1.36. The molecule has 1 amide bonds. The monoisotopic (exact) mass is 240 g/mol. The van der Waals surface area contributed by atoms with E-state index in [9.17, 15) is 4.79 Å². The summed E-state index contributed by atoms with van der Waals surface area (Å²) in [5, 5.41) is 0. The zero-order valence-electron chi connectivity index (χ0n) is 6.96. The van der Waals surface area contributed by atoms with Gasteiger partial charge in [0.05, 0.1) is 5.41 Å². The van der Waals surface area contributed by atoms with Crippen LogP contribution in [0.25, 0.3) is 0 Å². The summed E-state index contributed by atoms with van der Waals surface area (Å²) in [6.45, 7) is 0. The highest BCUT2D eigenvalue weighted by Gasteiger charge is 2.50. The molecule has 3 nitrogen and oxygen atoms in total. The Kier molecular flexibility index (Phi) is 1.87. The third-order valence-electron chi connectivity index (χ3n) is 2.50. The highest BCUT2D eigenvalue weighted by atomic mass is 79.9. The minimum absolute atomic E-state index is 0.231. The number of nitrogens with two attached hydrogens (primary N) is 1. The first-order valence-electron chi connectivity index (χ1n) is 4.07. The zero-order chi connectivity index (χ0) is 9.47. The van der Waals surface area contributed by atoms with Gasteiger partial charge >= 0.3 is 0 Å². The van der Waals surface area contributed by atoms with Gasteiger partial charge in [0.25, 0.3) is 0 Å². The molecule has 4 heteroatoms. The van der Waals surface area contributed by atoms with Crippen molar-refractivity contribution in [3.63, 3.8) is 0 Å². The highest BCUT2D eigenvalue weighted by molar-refractivity contribution is 9.10. The van der Waals surface area contributed by atoms with Crippen molar-refractivity contribution in [3.8, 4) is 0 Å². The molecular weight excluding hydrogens is 232 g/mol. The molecule has 0 atom stereocenters. The summed E-state index contributed by atoms with van der Waals surface area (Å²) in [6.07, 6.45) is 3.40. The number of amides is 1. The molecule has 2 rings (SSSR count). The molecule has 0 bridgehead atoms. The van der Waals surface area contributed by atoms with Gasteiger partial charge in [0.2, 0.25) is 5.91 Å². The van der Waals surface area contributed by atoms with Gasteiger partial charge in [0.15, 0.2) is 0 Å². The van der Waals surface area contributed by atoms with E-state index in [1.54, 1.807) is 6.20 Å². The molecule has 1 aliphatic rings. The number of carbonyl (C=O) groups excluding carboxylic acids is 1. The Morgan fingerprint density at radius 3 is 2.77 bits per heavy atom. The molecule has 0 unspecified atom stereocenters. The number of nitrogens with zero attached hydrogens (tertiary/aromatic N) is 1. The molecule has 1 aliphatic carbocycles. The van der Waals surface area contributed by atoms with Gasteiger partial charge in [-0.3, -0.25) is 4.79 Å². The van der Waals surface area contributed by atoms with Crippen LogP contribution in [0.15, 0.2) is 22.9 Å². The van der Waals surface area contributed by atoms with Crippen molar-refractivity contribution in [3.05, 3.63) is 28.5 Å². The number of primary amides is 1. The van der Waals surface area contributed by atoms with Gasteiger partial charge in [0, 0.05) is 6.20 Å². The van der Waals surface area contributed by atoms with Crippen LogP contribution in [0.1, 0.15) is 18.4 Å².